The third-order valence-electron chi connectivity index (χ3n) is 6.38. The van der Waals surface area contributed by atoms with E-state index in [-0.39, 0.29) is 60.4 Å². The zero-order chi connectivity index (χ0) is 16.7. The summed E-state index contributed by atoms with van der Waals surface area (Å²) in [7, 11) is 0. The molecule has 4 aliphatic carbocycles. The summed E-state index contributed by atoms with van der Waals surface area (Å²) >= 11 is 0. The van der Waals surface area contributed by atoms with E-state index in [4.69, 9.17) is 0 Å². The van der Waals surface area contributed by atoms with Crippen LogP contribution in [0.1, 0.15) is 51.4 Å². The minimum atomic E-state index is -0.164. The summed E-state index contributed by atoms with van der Waals surface area (Å²) in [6, 6.07) is 0.277. The van der Waals surface area contributed by atoms with Gasteiger partial charge in [-0.1, -0.05) is 31.4 Å². The van der Waals surface area contributed by atoms with Crippen LogP contribution in [0.2, 0.25) is 0 Å². The summed E-state index contributed by atoms with van der Waals surface area (Å²) in [6.45, 7) is 0.239. The molecular weight excluding hydrogens is 304 g/mol. The second-order valence-electron chi connectivity index (χ2n) is 7.82. The number of allylic oxidation sites excluding steroid dienone is 2. The van der Waals surface area contributed by atoms with E-state index < -0.39 is 0 Å². The van der Waals surface area contributed by atoms with Crippen molar-refractivity contribution in [3.05, 3.63) is 12.2 Å². The van der Waals surface area contributed by atoms with Crippen LogP contribution in [-0.4, -0.2) is 35.2 Å². The molecule has 3 fully saturated rings. The van der Waals surface area contributed by atoms with Gasteiger partial charge in [0.15, 0.2) is 0 Å². The molecule has 2 saturated carbocycles. The van der Waals surface area contributed by atoms with Crippen LogP contribution < -0.4 is 5.32 Å². The first-order valence-corrected chi connectivity index (χ1v) is 9.48. The number of amides is 3. The van der Waals surface area contributed by atoms with Gasteiger partial charge in [-0.05, 0) is 37.5 Å². The van der Waals surface area contributed by atoms with E-state index in [1.54, 1.807) is 0 Å². The van der Waals surface area contributed by atoms with Gasteiger partial charge in [-0.25, -0.2) is 0 Å². The van der Waals surface area contributed by atoms with Crippen molar-refractivity contribution in [3.8, 4) is 0 Å². The van der Waals surface area contributed by atoms with Gasteiger partial charge in [0.1, 0.15) is 0 Å². The zero-order valence-corrected chi connectivity index (χ0v) is 14.1. The van der Waals surface area contributed by atoms with E-state index in [9.17, 15) is 14.4 Å². The number of imide groups is 1. The van der Waals surface area contributed by atoms with Crippen LogP contribution >= 0.6 is 0 Å². The van der Waals surface area contributed by atoms with Crippen LogP contribution in [0.25, 0.3) is 0 Å². The van der Waals surface area contributed by atoms with E-state index in [0.717, 1.165) is 25.7 Å². The molecular formula is C19H26N2O3. The van der Waals surface area contributed by atoms with E-state index in [1.807, 2.05) is 0 Å². The normalized spacial score (nSPS) is 35.4. The summed E-state index contributed by atoms with van der Waals surface area (Å²) in [5.74, 6) is -0.0113. The molecule has 3 amide bonds. The first kappa shape index (κ1) is 15.9. The molecule has 5 nitrogen and oxygen atoms in total. The van der Waals surface area contributed by atoms with Crippen LogP contribution in [-0.2, 0) is 14.4 Å². The number of rotatable bonds is 4. The Morgan fingerprint density at radius 3 is 2.08 bits per heavy atom. The maximum atomic E-state index is 12.7. The fraction of sp³-hybridized carbons (Fsp3) is 0.737. The van der Waals surface area contributed by atoms with Crippen molar-refractivity contribution >= 4 is 17.7 Å². The lowest BCUT2D eigenvalue weighted by Gasteiger charge is -2.38. The lowest BCUT2D eigenvalue weighted by Crippen LogP contribution is -2.39. The molecule has 5 aliphatic rings. The third kappa shape index (κ3) is 2.68. The fourth-order valence-corrected chi connectivity index (χ4v) is 5.12. The molecule has 1 saturated heterocycles. The highest BCUT2D eigenvalue weighted by atomic mass is 16.2. The lowest BCUT2D eigenvalue weighted by molar-refractivity contribution is -0.140. The summed E-state index contributed by atoms with van der Waals surface area (Å²) in [5, 5.41) is 3.06. The molecule has 0 aromatic heterocycles. The molecule has 2 bridgehead atoms. The molecule has 0 aromatic rings. The van der Waals surface area contributed by atoms with Gasteiger partial charge >= 0.3 is 0 Å². The average molecular weight is 330 g/mol. The van der Waals surface area contributed by atoms with Gasteiger partial charge in [0.05, 0.1) is 11.8 Å². The van der Waals surface area contributed by atoms with Crippen LogP contribution in [0, 0.1) is 23.7 Å². The van der Waals surface area contributed by atoms with E-state index >= 15 is 0 Å². The number of carbonyl (C=O) groups excluding carboxylic acids is 3. The quantitative estimate of drug-likeness (QED) is 0.633. The first-order valence-electron chi connectivity index (χ1n) is 9.48. The predicted molar refractivity (Wildman–Crippen MR) is 88.7 cm³/mol. The largest absolute Gasteiger partial charge is 0.353 e. The van der Waals surface area contributed by atoms with Gasteiger partial charge in [-0.2, -0.15) is 0 Å². The Labute approximate surface area is 142 Å². The Hall–Kier alpha value is -1.65. The van der Waals surface area contributed by atoms with Crippen molar-refractivity contribution in [2.24, 2.45) is 23.7 Å². The SMILES string of the molecule is O=C(CCN1C(=O)[C@H]2[C@H](C1=O)[C@H]1C=C[C@H]2CC1)NC1CCCCC1. The number of nitrogens with one attached hydrogen (secondary N) is 1. The van der Waals surface area contributed by atoms with Crippen molar-refractivity contribution < 1.29 is 14.4 Å². The molecule has 5 rings (SSSR count). The summed E-state index contributed by atoms with van der Waals surface area (Å²) in [6.07, 6.45) is 12.2. The van der Waals surface area contributed by atoms with Crippen molar-refractivity contribution in [3.63, 3.8) is 0 Å². The molecule has 1 aliphatic heterocycles. The molecule has 24 heavy (non-hydrogen) atoms. The van der Waals surface area contributed by atoms with Gasteiger partial charge in [0, 0.05) is 19.0 Å². The Morgan fingerprint density at radius 2 is 1.54 bits per heavy atom. The van der Waals surface area contributed by atoms with Crippen LogP contribution in [0.15, 0.2) is 12.2 Å². The fourth-order valence-electron chi connectivity index (χ4n) is 5.12. The maximum absolute atomic E-state index is 12.7. The molecule has 0 spiro atoms. The molecule has 1 N–H and O–H groups in total. The number of fused-ring (bicyclic) bond motifs is 1. The van der Waals surface area contributed by atoms with Gasteiger partial charge in [0.25, 0.3) is 0 Å². The average Bonchev–Trinajstić information content (AvgIpc) is 2.88. The first-order chi connectivity index (χ1) is 11.6. The maximum Gasteiger partial charge on any atom is 0.233 e. The Kier molecular flexibility index (Phi) is 4.19. The standard InChI is InChI=1S/C19H26N2O3/c22-15(20-14-4-2-1-3-5-14)10-11-21-18(23)16-12-6-7-13(9-8-12)17(16)19(21)24/h6-7,12-14,16-17H,1-5,8-11H2,(H,20,22)/t12-,13-,16+,17+/m0/s1. The topological polar surface area (TPSA) is 66.5 Å². The number of carbonyl (C=O) groups is 3. The third-order valence-corrected chi connectivity index (χ3v) is 6.38. The highest BCUT2D eigenvalue weighted by Gasteiger charge is 2.56. The van der Waals surface area contributed by atoms with Crippen molar-refractivity contribution in [1.82, 2.24) is 10.2 Å². The van der Waals surface area contributed by atoms with Gasteiger partial charge in [-0.15, -0.1) is 0 Å². The molecule has 0 unspecified atom stereocenters. The summed E-state index contributed by atoms with van der Waals surface area (Å²) in [5.41, 5.74) is 0. The Balaban J connectivity index is 1.34. The van der Waals surface area contributed by atoms with Crippen molar-refractivity contribution in [2.75, 3.05) is 6.54 Å². The number of hydrogen-bond acceptors (Lipinski definition) is 3. The van der Waals surface area contributed by atoms with Crippen LogP contribution in [0.3, 0.4) is 0 Å². The molecule has 130 valence electrons. The molecule has 0 radical (unpaired) electrons. The molecule has 0 aromatic carbocycles. The molecule has 4 atom stereocenters. The Morgan fingerprint density at radius 1 is 0.958 bits per heavy atom. The minimum Gasteiger partial charge on any atom is -0.353 e. The van der Waals surface area contributed by atoms with E-state index in [2.05, 4.69) is 17.5 Å². The highest BCUT2D eigenvalue weighted by Crippen LogP contribution is 2.49. The Bertz CT molecular complexity index is 547. The second-order valence-corrected chi connectivity index (χ2v) is 7.82. The lowest BCUT2D eigenvalue weighted by atomic mass is 9.63. The van der Waals surface area contributed by atoms with Crippen molar-refractivity contribution in [1.29, 1.82) is 0 Å². The van der Waals surface area contributed by atoms with Crippen LogP contribution in [0.4, 0.5) is 0 Å². The number of likely N-dealkylation sites (tertiary alicyclic amines) is 1. The van der Waals surface area contributed by atoms with Gasteiger partial charge in [0.2, 0.25) is 17.7 Å². The molecule has 1 heterocycles. The number of hydrogen-bond donors (Lipinski definition) is 1. The van der Waals surface area contributed by atoms with Gasteiger partial charge in [-0.3, -0.25) is 19.3 Å². The monoisotopic (exact) mass is 330 g/mol. The minimum absolute atomic E-state index is 0.0292. The van der Waals surface area contributed by atoms with Gasteiger partial charge < -0.3 is 5.32 Å². The second kappa shape index (κ2) is 6.34. The van der Waals surface area contributed by atoms with E-state index in [1.165, 1.54) is 24.2 Å². The predicted octanol–water partition coefficient (Wildman–Crippen LogP) is 2.02. The smallest absolute Gasteiger partial charge is 0.233 e. The highest BCUT2D eigenvalue weighted by molar-refractivity contribution is 6.06. The number of nitrogens with zero attached hydrogens (tertiary/aromatic N) is 1. The summed E-state index contributed by atoms with van der Waals surface area (Å²) in [4.78, 5) is 38.9. The van der Waals surface area contributed by atoms with Crippen molar-refractivity contribution in [2.45, 2.75) is 57.4 Å². The summed E-state index contributed by atoms with van der Waals surface area (Å²) < 4.78 is 0. The van der Waals surface area contributed by atoms with Crippen LogP contribution in [0.5, 0.6) is 0 Å². The van der Waals surface area contributed by atoms with E-state index in [0.29, 0.717) is 0 Å². The zero-order valence-electron chi connectivity index (χ0n) is 14.1. The molecule has 5 heteroatoms.